The zero-order chi connectivity index (χ0) is 17.9. The number of hydrogen-bond donors (Lipinski definition) is 2. The van der Waals surface area contributed by atoms with Gasteiger partial charge in [-0.1, -0.05) is 25.3 Å². The summed E-state index contributed by atoms with van der Waals surface area (Å²) in [5.74, 6) is 0. The Morgan fingerprint density at radius 3 is 2.62 bits per heavy atom. The summed E-state index contributed by atoms with van der Waals surface area (Å²) in [6.07, 6.45) is 5.88. The summed E-state index contributed by atoms with van der Waals surface area (Å²) < 4.78 is 1.20. The molecule has 1 aromatic heterocycles. The minimum absolute atomic E-state index is 0.111. The van der Waals surface area contributed by atoms with Gasteiger partial charge in [0.2, 0.25) is 0 Å². The minimum Gasteiger partial charge on any atom is -0.335 e. The highest BCUT2D eigenvalue weighted by molar-refractivity contribution is 7.21. The molecule has 0 unspecified atom stereocenters. The van der Waals surface area contributed by atoms with Crippen molar-refractivity contribution in [3.8, 4) is 10.6 Å². The molecule has 2 amide bonds. The molecule has 4 rings (SSSR count). The standard InChI is InChI=1S/C21H23N3OS/c1-14-7-12-18-19(13-14)26-20(24-18)15-8-10-17(11-9-15)23-21(25)22-16-5-3-2-4-6-16/h7-13,16H,2-6H2,1H3,(H2,22,23,25). The first-order valence-electron chi connectivity index (χ1n) is 9.22. The Bertz CT molecular complexity index is 911. The Balaban J connectivity index is 1.43. The summed E-state index contributed by atoms with van der Waals surface area (Å²) in [6.45, 7) is 2.09. The van der Waals surface area contributed by atoms with E-state index >= 15 is 0 Å². The van der Waals surface area contributed by atoms with Crippen molar-refractivity contribution in [3.05, 3.63) is 48.0 Å². The lowest BCUT2D eigenvalue weighted by molar-refractivity contribution is 0.244. The molecule has 0 spiro atoms. The van der Waals surface area contributed by atoms with Gasteiger partial charge in [0.05, 0.1) is 10.2 Å². The molecule has 3 aromatic rings. The maximum absolute atomic E-state index is 12.2. The van der Waals surface area contributed by atoms with Crippen LogP contribution in [0.25, 0.3) is 20.8 Å². The van der Waals surface area contributed by atoms with Crippen LogP contribution in [0.3, 0.4) is 0 Å². The predicted octanol–water partition coefficient (Wildman–Crippen LogP) is 5.73. The summed E-state index contributed by atoms with van der Waals surface area (Å²) in [7, 11) is 0. The fraction of sp³-hybridized carbons (Fsp3) is 0.333. The molecule has 134 valence electrons. The Morgan fingerprint density at radius 1 is 1.08 bits per heavy atom. The van der Waals surface area contributed by atoms with E-state index in [1.807, 2.05) is 24.3 Å². The number of carbonyl (C=O) groups excluding carboxylic acids is 1. The third-order valence-electron chi connectivity index (χ3n) is 4.87. The molecule has 1 aliphatic carbocycles. The SMILES string of the molecule is Cc1ccc2nc(-c3ccc(NC(=O)NC4CCCCC4)cc3)sc2c1. The molecular formula is C21H23N3OS. The molecule has 2 aromatic carbocycles. The molecular weight excluding hydrogens is 342 g/mol. The Kier molecular flexibility index (Phi) is 4.89. The molecule has 0 atom stereocenters. The molecule has 0 bridgehead atoms. The van der Waals surface area contributed by atoms with Crippen LogP contribution < -0.4 is 10.6 Å². The lowest BCUT2D eigenvalue weighted by Crippen LogP contribution is -2.38. The summed E-state index contributed by atoms with van der Waals surface area (Å²) in [6, 6.07) is 14.4. The number of amides is 2. The Labute approximate surface area is 157 Å². The van der Waals surface area contributed by atoms with Crippen LogP contribution in [-0.2, 0) is 0 Å². The number of aromatic nitrogens is 1. The van der Waals surface area contributed by atoms with Crippen LogP contribution in [0.5, 0.6) is 0 Å². The van der Waals surface area contributed by atoms with Gasteiger partial charge < -0.3 is 10.6 Å². The largest absolute Gasteiger partial charge is 0.335 e. The van der Waals surface area contributed by atoms with Crippen LogP contribution in [-0.4, -0.2) is 17.1 Å². The lowest BCUT2D eigenvalue weighted by atomic mass is 9.96. The number of carbonyl (C=O) groups is 1. The number of benzene rings is 2. The third-order valence-corrected chi connectivity index (χ3v) is 5.94. The number of nitrogens with one attached hydrogen (secondary N) is 2. The second kappa shape index (κ2) is 7.46. The van der Waals surface area contributed by atoms with Gasteiger partial charge in [-0.3, -0.25) is 0 Å². The lowest BCUT2D eigenvalue weighted by Gasteiger charge is -2.22. The van der Waals surface area contributed by atoms with Crippen molar-refractivity contribution in [3.63, 3.8) is 0 Å². The average Bonchev–Trinajstić information content (AvgIpc) is 3.06. The van der Waals surface area contributed by atoms with E-state index in [1.54, 1.807) is 11.3 Å². The van der Waals surface area contributed by atoms with Crippen molar-refractivity contribution in [1.29, 1.82) is 0 Å². The minimum atomic E-state index is -0.111. The molecule has 4 nitrogen and oxygen atoms in total. The number of aryl methyl sites for hydroxylation is 1. The molecule has 26 heavy (non-hydrogen) atoms. The average molecular weight is 366 g/mol. The van der Waals surface area contributed by atoms with E-state index in [-0.39, 0.29) is 6.03 Å². The smallest absolute Gasteiger partial charge is 0.319 e. The van der Waals surface area contributed by atoms with Crippen LogP contribution in [0.15, 0.2) is 42.5 Å². The molecule has 1 aliphatic rings. The zero-order valence-electron chi connectivity index (χ0n) is 14.9. The van der Waals surface area contributed by atoms with Crippen LogP contribution >= 0.6 is 11.3 Å². The van der Waals surface area contributed by atoms with Gasteiger partial charge in [0.25, 0.3) is 0 Å². The molecule has 0 saturated heterocycles. The van der Waals surface area contributed by atoms with E-state index in [9.17, 15) is 4.79 Å². The van der Waals surface area contributed by atoms with E-state index in [0.29, 0.717) is 6.04 Å². The second-order valence-corrected chi connectivity index (χ2v) is 8.03. The zero-order valence-corrected chi connectivity index (χ0v) is 15.7. The Morgan fingerprint density at radius 2 is 1.85 bits per heavy atom. The number of anilines is 1. The fourth-order valence-corrected chi connectivity index (χ4v) is 4.52. The maximum atomic E-state index is 12.2. The van der Waals surface area contributed by atoms with Gasteiger partial charge in [0, 0.05) is 17.3 Å². The van der Waals surface area contributed by atoms with Crippen molar-refractivity contribution >= 4 is 33.3 Å². The maximum Gasteiger partial charge on any atom is 0.319 e. The number of rotatable bonds is 3. The normalized spacial score (nSPS) is 15.1. The van der Waals surface area contributed by atoms with E-state index in [0.717, 1.165) is 34.6 Å². The molecule has 1 fully saturated rings. The van der Waals surface area contributed by atoms with Crippen LogP contribution in [0, 0.1) is 6.92 Å². The number of thiazole rings is 1. The highest BCUT2D eigenvalue weighted by Crippen LogP contribution is 2.31. The van der Waals surface area contributed by atoms with Gasteiger partial charge in [0.1, 0.15) is 5.01 Å². The van der Waals surface area contributed by atoms with Crippen LogP contribution in [0.4, 0.5) is 10.5 Å². The Hall–Kier alpha value is -2.40. The second-order valence-electron chi connectivity index (χ2n) is 7.00. The number of fused-ring (bicyclic) bond motifs is 1. The van der Waals surface area contributed by atoms with E-state index in [2.05, 4.69) is 35.8 Å². The van der Waals surface area contributed by atoms with E-state index in [4.69, 9.17) is 4.98 Å². The van der Waals surface area contributed by atoms with Gasteiger partial charge in [-0.05, 0) is 61.7 Å². The monoisotopic (exact) mass is 365 g/mol. The summed E-state index contributed by atoms with van der Waals surface area (Å²) in [5.41, 5.74) is 4.15. The quantitative estimate of drug-likeness (QED) is 0.623. The molecule has 0 aliphatic heterocycles. The van der Waals surface area contributed by atoms with Gasteiger partial charge in [-0.25, -0.2) is 9.78 Å². The number of urea groups is 1. The van der Waals surface area contributed by atoms with Gasteiger partial charge in [0.15, 0.2) is 0 Å². The van der Waals surface area contributed by atoms with Gasteiger partial charge in [-0.15, -0.1) is 11.3 Å². The van der Waals surface area contributed by atoms with Crippen molar-refractivity contribution in [2.24, 2.45) is 0 Å². The molecule has 5 heteroatoms. The van der Waals surface area contributed by atoms with Crippen molar-refractivity contribution in [2.75, 3.05) is 5.32 Å². The van der Waals surface area contributed by atoms with Gasteiger partial charge >= 0.3 is 6.03 Å². The first-order chi connectivity index (χ1) is 12.7. The number of nitrogens with zero attached hydrogens (tertiary/aromatic N) is 1. The van der Waals surface area contributed by atoms with Crippen LogP contribution in [0.2, 0.25) is 0 Å². The van der Waals surface area contributed by atoms with E-state index in [1.165, 1.54) is 29.5 Å². The highest BCUT2D eigenvalue weighted by atomic mass is 32.1. The highest BCUT2D eigenvalue weighted by Gasteiger charge is 2.15. The molecule has 0 radical (unpaired) electrons. The summed E-state index contributed by atoms with van der Waals surface area (Å²) in [5, 5.41) is 7.01. The summed E-state index contributed by atoms with van der Waals surface area (Å²) in [4.78, 5) is 16.9. The third kappa shape index (κ3) is 3.88. The topological polar surface area (TPSA) is 54.0 Å². The first-order valence-corrected chi connectivity index (χ1v) is 10.0. The van der Waals surface area contributed by atoms with Crippen molar-refractivity contribution in [2.45, 2.75) is 45.1 Å². The van der Waals surface area contributed by atoms with Gasteiger partial charge in [-0.2, -0.15) is 0 Å². The molecule has 1 heterocycles. The molecule has 1 saturated carbocycles. The number of hydrogen-bond acceptors (Lipinski definition) is 3. The van der Waals surface area contributed by atoms with Crippen LogP contribution in [0.1, 0.15) is 37.7 Å². The first kappa shape index (κ1) is 17.0. The van der Waals surface area contributed by atoms with Crippen molar-refractivity contribution < 1.29 is 4.79 Å². The summed E-state index contributed by atoms with van der Waals surface area (Å²) >= 11 is 1.70. The van der Waals surface area contributed by atoms with Crippen molar-refractivity contribution in [1.82, 2.24) is 10.3 Å². The van der Waals surface area contributed by atoms with E-state index < -0.39 is 0 Å². The molecule has 2 N–H and O–H groups in total. The predicted molar refractivity (Wildman–Crippen MR) is 109 cm³/mol. The fourth-order valence-electron chi connectivity index (χ4n) is 3.45.